The molecular weight excluding hydrogens is 310 g/mol. The quantitative estimate of drug-likeness (QED) is 0.938. The van der Waals surface area contributed by atoms with Crippen LogP contribution in [0.25, 0.3) is 0 Å². The molecular formula is C18H20ClN3O. The minimum atomic E-state index is 0.0840. The second-order valence-electron chi connectivity index (χ2n) is 5.55. The van der Waals surface area contributed by atoms with Gasteiger partial charge in [0.2, 0.25) is 0 Å². The summed E-state index contributed by atoms with van der Waals surface area (Å²) in [4.78, 5) is 16.9. The van der Waals surface area contributed by atoms with Crippen LogP contribution in [0.2, 0.25) is 5.02 Å². The van der Waals surface area contributed by atoms with E-state index >= 15 is 0 Å². The van der Waals surface area contributed by atoms with E-state index in [4.69, 9.17) is 11.6 Å². The minimum Gasteiger partial charge on any atom is -0.387 e. The van der Waals surface area contributed by atoms with Crippen molar-refractivity contribution in [2.75, 3.05) is 43.4 Å². The number of halogens is 1. The molecule has 1 heterocycles. The van der Waals surface area contributed by atoms with Gasteiger partial charge in [-0.15, -0.1) is 0 Å². The molecule has 1 aliphatic rings. The molecule has 1 N–H and O–H groups in total. The van der Waals surface area contributed by atoms with Crippen LogP contribution in [0.4, 0.5) is 11.4 Å². The number of hydrogen-bond acceptors (Lipinski definition) is 3. The molecule has 0 radical (unpaired) electrons. The first-order chi connectivity index (χ1) is 11.2. The Labute approximate surface area is 141 Å². The molecule has 0 spiro atoms. The average Bonchev–Trinajstić information content (AvgIpc) is 2.61. The third-order valence-corrected chi connectivity index (χ3v) is 4.40. The molecule has 0 bridgehead atoms. The van der Waals surface area contributed by atoms with Crippen LogP contribution >= 0.6 is 11.6 Å². The number of carbonyl (C=O) groups excluding carboxylic acids is 1. The summed E-state index contributed by atoms with van der Waals surface area (Å²) >= 11 is 6.06. The highest BCUT2D eigenvalue weighted by atomic mass is 35.5. The predicted molar refractivity (Wildman–Crippen MR) is 95.6 cm³/mol. The highest BCUT2D eigenvalue weighted by molar-refractivity contribution is 6.30. The summed E-state index contributed by atoms with van der Waals surface area (Å²) < 4.78 is 0. The van der Waals surface area contributed by atoms with Crippen molar-refractivity contribution in [3.05, 3.63) is 59.1 Å². The normalized spacial score (nSPS) is 14.7. The zero-order valence-electron chi connectivity index (χ0n) is 13.1. The van der Waals surface area contributed by atoms with Crippen molar-refractivity contribution in [2.24, 2.45) is 0 Å². The summed E-state index contributed by atoms with van der Waals surface area (Å²) in [7, 11) is 1.84. The maximum atomic E-state index is 12.7. The largest absolute Gasteiger partial charge is 0.387 e. The van der Waals surface area contributed by atoms with Crippen LogP contribution in [0, 0.1) is 0 Å². The Kier molecular flexibility index (Phi) is 4.72. The van der Waals surface area contributed by atoms with E-state index in [2.05, 4.69) is 16.3 Å². The van der Waals surface area contributed by atoms with Crippen LogP contribution in [0.5, 0.6) is 0 Å². The van der Waals surface area contributed by atoms with Gasteiger partial charge in [0.1, 0.15) is 0 Å². The van der Waals surface area contributed by atoms with Gasteiger partial charge < -0.3 is 15.1 Å². The molecule has 0 atom stereocenters. The summed E-state index contributed by atoms with van der Waals surface area (Å²) in [5.41, 5.74) is 2.71. The second-order valence-corrected chi connectivity index (χ2v) is 5.99. The molecule has 0 aliphatic carbocycles. The highest BCUT2D eigenvalue weighted by Gasteiger charge is 2.23. The number of carbonyl (C=O) groups is 1. The van der Waals surface area contributed by atoms with E-state index < -0.39 is 0 Å². The fraction of sp³-hybridized carbons (Fsp3) is 0.278. The van der Waals surface area contributed by atoms with Crippen LogP contribution in [0.1, 0.15) is 10.4 Å². The van der Waals surface area contributed by atoms with Crippen LogP contribution in [0.3, 0.4) is 0 Å². The minimum absolute atomic E-state index is 0.0840. The molecule has 0 unspecified atom stereocenters. The Balaban J connectivity index is 1.68. The van der Waals surface area contributed by atoms with Crippen LogP contribution in [0.15, 0.2) is 48.5 Å². The SMILES string of the molecule is CNc1ccccc1C(=O)N1CCN(c2cccc(Cl)c2)CC1. The number of anilines is 2. The maximum Gasteiger partial charge on any atom is 0.256 e. The number of amides is 1. The smallest absolute Gasteiger partial charge is 0.256 e. The highest BCUT2D eigenvalue weighted by Crippen LogP contribution is 2.22. The van der Waals surface area contributed by atoms with E-state index in [-0.39, 0.29) is 5.91 Å². The number of hydrogen-bond donors (Lipinski definition) is 1. The molecule has 0 saturated carbocycles. The summed E-state index contributed by atoms with van der Waals surface area (Å²) in [6.07, 6.45) is 0. The molecule has 1 saturated heterocycles. The second kappa shape index (κ2) is 6.92. The lowest BCUT2D eigenvalue weighted by molar-refractivity contribution is 0.0748. The van der Waals surface area contributed by atoms with Crippen molar-refractivity contribution in [3.63, 3.8) is 0 Å². The topological polar surface area (TPSA) is 35.6 Å². The summed E-state index contributed by atoms with van der Waals surface area (Å²) in [6.45, 7) is 3.05. The van der Waals surface area contributed by atoms with Gasteiger partial charge in [0.25, 0.3) is 5.91 Å². The standard InChI is InChI=1S/C18H20ClN3O/c1-20-17-8-3-2-7-16(17)18(23)22-11-9-21(10-12-22)15-6-4-5-14(19)13-15/h2-8,13,20H,9-12H2,1H3. The van der Waals surface area contributed by atoms with E-state index in [0.29, 0.717) is 13.1 Å². The average molecular weight is 330 g/mol. The Morgan fingerprint density at radius 1 is 1.04 bits per heavy atom. The monoisotopic (exact) mass is 329 g/mol. The first-order valence-corrected chi connectivity index (χ1v) is 8.13. The number of benzene rings is 2. The number of piperazine rings is 1. The number of nitrogens with one attached hydrogen (secondary N) is 1. The molecule has 1 amide bonds. The first kappa shape index (κ1) is 15.7. The first-order valence-electron chi connectivity index (χ1n) is 7.75. The van der Waals surface area contributed by atoms with E-state index in [9.17, 15) is 4.79 Å². The molecule has 2 aromatic carbocycles. The Morgan fingerprint density at radius 2 is 1.78 bits per heavy atom. The summed E-state index contributed by atoms with van der Waals surface area (Å²) in [5, 5.41) is 3.82. The molecule has 1 aliphatic heterocycles. The summed E-state index contributed by atoms with van der Waals surface area (Å²) in [5.74, 6) is 0.0840. The lowest BCUT2D eigenvalue weighted by Crippen LogP contribution is -2.48. The van der Waals surface area contributed by atoms with Crippen molar-refractivity contribution in [1.29, 1.82) is 0 Å². The molecule has 5 heteroatoms. The Hall–Kier alpha value is -2.20. The fourth-order valence-electron chi connectivity index (χ4n) is 2.90. The zero-order valence-corrected chi connectivity index (χ0v) is 13.9. The van der Waals surface area contributed by atoms with Crippen LogP contribution in [-0.4, -0.2) is 44.0 Å². The van der Waals surface area contributed by atoms with Gasteiger partial charge in [-0.05, 0) is 30.3 Å². The van der Waals surface area contributed by atoms with Crippen LogP contribution in [-0.2, 0) is 0 Å². The van der Waals surface area contributed by atoms with E-state index in [1.54, 1.807) is 0 Å². The van der Waals surface area contributed by atoms with Crippen molar-refractivity contribution in [3.8, 4) is 0 Å². The third-order valence-electron chi connectivity index (χ3n) is 4.17. The van der Waals surface area contributed by atoms with Gasteiger partial charge in [-0.3, -0.25) is 4.79 Å². The molecule has 0 aromatic heterocycles. The lowest BCUT2D eigenvalue weighted by Gasteiger charge is -2.36. The number of nitrogens with zero attached hydrogens (tertiary/aromatic N) is 2. The summed E-state index contributed by atoms with van der Waals surface area (Å²) in [6, 6.07) is 15.5. The Bertz CT molecular complexity index is 696. The third kappa shape index (κ3) is 3.42. The molecule has 120 valence electrons. The number of rotatable bonds is 3. The van der Waals surface area contributed by atoms with E-state index in [1.165, 1.54) is 0 Å². The van der Waals surface area contributed by atoms with Crippen LogP contribution < -0.4 is 10.2 Å². The van der Waals surface area contributed by atoms with Gasteiger partial charge in [0, 0.05) is 49.6 Å². The van der Waals surface area contributed by atoms with Gasteiger partial charge in [-0.2, -0.15) is 0 Å². The van der Waals surface area contributed by atoms with Crippen molar-refractivity contribution in [1.82, 2.24) is 4.90 Å². The molecule has 4 nitrogen and oxygen atoms in total. The molecule has 3 rings (SSSR count). The number of para-hydroxylation sites is 1. The van der Waals surface area contributed by atoms with Gasteiger partial charge in [-0.1, -0.05) is 29.8 Å². The molecule has 23 heavy (non-hydrogen) atoms. The van der Waals surface area contributed by atoms with Crippen molar-refractivity contribution >= 4 is 28.9 Å². The maximum absolute atomic E-state index is 12.7. The van der Waals surface area contributed by atoms with Gasteiger partial charge in [0.15, 0.2) is 0 Å². The van der Waals surface area contributed by atoms with Gasteiger partial charge in [-0.25, -0.2) is 0 Å². The van der Waals surface area contributed by atoms with Crippen molar-refractivity contribution in [2.45, 2.75) is 0 Å². The zero-order chi connectivity index (χ0) is 16.2. The lowest BCUT2D eigenvalue weighted by atomic mass is 10.1. The molecule has 2 aromatic rings. The van der Waals surface area contributed by atoms with Gasteiger partial charge in [0.05, 0.1) is 5.56 Å². The molecule has 1 fully saturated rings. The van der Waals surface area contributed by atoms with Gasteiger partial charge >= 0.3 is 0 Å². The fourth-order valence-corrected chi connectivity index (χ4v) is 3.08. The van der Waals surface area contributed by atoms with Crippen molar-refractivity contribution < 1.29 is 4.79 Å². The van der Waals surface area contributed by atoms with E-state index in [0.717, 1.165) is 35.1 Å². The van der Waals surface area contributed by atoms with E-state index in [1.807, 2.05) is 54.4 Å². The Morgan fingerprint density at radius 3 is 2.48 bits per heavy atom. The predicted octanol–water partition coefficient (Wildman–Crippen LogP) is 3.34.